The number of non-ortho nitro benzene ring substituents is 1. The highest BCUT2D eigenvalue weighted by Crippen LogP contribution is 2.26. The Kier molecular flexibility index (Phi) is 5.45. The van der Waals surface area contributed by atoms with Crippen LogP contribution in [-0.4, -0.2) is 14.9 Å². The first-order chi connectivity index (χ1) is 12.9. The van der Waals surface area contributed by atoms with E-state index in [1.807, 2.05) is 30.3 Å². The lowest BCUT2D eigenvalue weighted by Gasteiger charge is -2.10. The Labute approximate surface area is 158 Å². The van der Waals surface area contributed by atoms with Crippen molar-refractivity contribution in [3.63, 3.8) is 0 Å². The van der Waals surface area contributed by atoms with Gasteiger partial charge in [0.25, 0.3) is 5.69 Å². The predicted octanol–water partition coefficient (Wildman–Crippen LogP) is 4.89. The number of anilines is 1. The Morgan fingerprint density at radius 3 is 2.44 bits per heavy atom. The van der Waals surface area contributed by atoms with Crippen LogP contribution in [0.1, 0.15) is 26.0 Å². The molecule has 0 saturated heterocycles. The Morgan fingerprint density at radius 2 is 1.78 bits per heavy atom. The van der Waals surface area contributed by atoms with E-state index in [9.17, 15) is 10.1 Å². The summed E-state index contributed by atoms with van der Waals surface area (Å²) in [5.74, 6) is 1.05. The van der Waals surface area contributed by atoms with Crippen molar-refractivity contribution in [1.82, 2.24) is 9.97 Å². The van der Waals surface area contributed by atoms with Crippen LogP contribution in [0, 0.1) is 16.0 Å². The minimum Gasteiger partial charge on any atom is -0.399 e. The SMILES string of the molecule is CC(C)CCc1cc(-c2ccc(N)cc2)nc(-c2cccc([N+](=O)[O-])c2)n1. The van der Waals surface area contributed by atoms with E-state index in [-0.39, 0.29) is 5.69 Å². The maximum atomic E-state index is 11.1. The van der Waals surface area contributed by atoms with Crippen LogP contribution in [0.25, 0.3) is 22.6 Å². The molecule has 138 valence electrons. The van der Waals surface area contributed by atoms with Gasteiger partial charge in [-0.15, -0.1) is 0 Å². The summed E-state index contributed by atoms with van der Waals surface area (Å²) in [6.07, 6.45) is 1.83. The van der Waals surface area contributed by atoms with Crippen LogP contribution in [-0.2, 0) is 6.42 Å². The molecule has 0 aliphatic rings. The summed E-state index contributed by atoms with van der Waals surface area (Å²) in [6, 6.07) is 15.9. The number of benzene rings is 2. The van der Waals surface area contributed by atoms with Gasteiger partial charge >= 0.3 is 0 Å². The minimum atomic E-state index is -0.410. The van der Waals surface area contributed by atoms with Gasteiger partial charge in [-0.05, 0) is 37.0 Å². The van der Waals surface area contributed by atoms with E-state index in [4.69, 9.17) is 5.73 Å². The van der Waals surface area contributed by atoms with Crippen LogP contribution in [0.2, 0.25) is 0 Å². The number of nitro benzene ring substituents is 1. The molecule has 1 heterocycles. The van der Waals surface area contributed by atoms with E-state index in [2.05, 4.69) is 23.8 Å². The van der Waals surface area contributed by atoms with Crippen LogP contribution < -0.4 is 5.73 Å². The van der Waals surface area contributed by atoms with E-state index < -0.39 is 4.92 Å². The molecule has 1 aromatic heterocycles. The molecule has 0 atom stereocenters. The first-order valence-electron chi connectivity index (χ1n) is 8.91. The molecule has 27 heavy (non-hydrogen) atoms. The van der Waals surface area contributed by atoms with Gasteiger partial charge in [-0.1, -0.05) is 38.1 Å². The van der Waals surface area contributed by atoms with Crippen molar-refractivity contribution in [1.29, 1.82) is 0 Å². The number of rotatable bonds is 6. The fourth-order valence-corrected chi connectivity index (χ4v) is 2.75. The zero-order chi connectivity index (χ0) is 19.4. The molecule has 0 bridgehead atoms. The number of nitrogens with zero attached hydrogens (tertiary/aromatic N) is 3. The maximum Gasteiger partial charge on any atom is 0.270 e. The van der Waals surface area contributed by atoms with Gasteiger partial charge in [0.15, 0.2) is 5.82 Å². The summed E-state index contributed by atoms with van der Waals surface area (Å²) in [5, 5.41) is 11.1. The lowest BCUT2D eigenvalue weighted by atomic mass is 10.0. The monoisotopic (exact) mass is 362 g/mol. The topological polar surface area (TPSA) is 94.9 Å². The third-order valence-corrected chi connectivity index (χ3v) is 4.28. The Hall–Kier alpha value is -3.28. The van der Waals surface area contributed by atoms with Gasteiger partial charge in [0, 0.05) is 34.6 Å². The molecule has 0 aliphatic carbocycles. The molecular formula is C21H22N4O2. The van der Waals surface area contributed by atoms with E-state index in [0.29, 0.717) is 23.0 Å². The molecule has 3 aromatic rings. The van der Waals surface area contributed by atoms with Crippen molar-refractivity contribution in [3.8, 4) is 22.6 Å². The number of nitrogen functional groups attached to an aromatic ring is 1. The van der Waals surface area contributed by atoms with Gasteiger partial charge in [0.05, 0.1) is 10.6 Å². The number of aryl methyl sites for hydroxylation is 1. The second kappa shape index (κ2) is 7.95. The molecule has 2 aromatic carbocycles. The Balaban J connectivity index is 2.08. The number of nitrogens with two attached hydrogens (primary N) is 1. The zero-order valence-corrected chi connectivity index (χ0v) is 15.4. The van der Waals surface area contributed by atoms with E-state index in [0.717, 1.165) is 29.8 Å². The molecule has 6 nitrogen and oxygen atoms in total. The quantitative estimate of drug-likeness (QED) is 0.383. The first kappa shape index (κ1) is 18.5. The highest BCUT2D eigenvalue weighted by Gasteiger charge is 2.13. The number of aromatic nitrogens is 2. The average molecular weight is 362 g/mol. The van der Waals surface area contributed by atoms with Crippen LogP contribution in [0.5, 0.6) is 0 Å². The van der Waals surface area contributed by atoms with Crippen molar-refractivity contribution in [3.05, 3.63) is 70.4 Å². The summed E-state index contributed by atoms with van der Waals surface area (Å²) in [5.41, 5.74) is 9.77. The van der Waals surface area contributed by atoms with Gasteiger partial charge < -0.3 is 5.73 Å². The standard InChI is InChI=1S/C21H22N4O2/c1-14(2)6-11-18-13-20(15-7-9-17(22)10-8-15)24-21(23-18)16-4-3-5-19(12-16)25(26)27/h3-5,7-10,12-14H,6,11,22H2,1-2H3. The van der Waals surface area contributed by atoms with Crippen molar-refractivity contribution in [2.75, 3.05) is 5.73 Å². The number of nitro groups is 1. The van der Waals surface area contributed by atoms with Gasteiger partial charge in [-0.2, -0.15) is 0 Å². The number of hydrogen-bond donors (Lipinski definition) is 1. The molecule has 0 aliphatic heterocycles. The summed E-state index contributed by atoms with van der Waals surface area (Å²) in [7, 11) is 0. The van der Waals surface area contributed by atoms with Gasteiger partial charge in [-0.3, -0.25) is 10.1 Å². The predicted molar refractivity (Wildman–Crippen MR) is 107 cm³/mol. The van der Waals surface area contributed by atoms with Crippen molar-refractivity contribution in [2.45, 2.75) is 26.7 Å². The lowest BCUT2D eigenvalue weighted by molar-refractivity contribution is -0.384. The van der Waals surface area contributed by atoms with Gasteiger partial charge in [0.2, 0.25) is 0 Å². The normalized spacial score (nSPS) is 10.9. The first-order valence-corrected chi connectivity index (χ1v) is 8.91. The zero-order valence-electron chi connectivity index (χ0n) is 15.4. The van der Waals surface area contributed by atoms with Gasteiger partial charge in [0.1, 0.15) is 0 Å². The largest absolute Gasteiger partial charge is 0.399 e. The molecular weight excluding hydrogens is 340 g/mol. The summed E-state index contributed by atoms with van der Waals surface area (Å²) in [4.78, 5) is 20.0. The highest BCUT2D eigenvalue weighted by molar-refractivity contribution is 5.66. The summed E-state index contributed by atoms with van der Waals surface area (Å²) < 4.78 is 0. The fourth-order valence-electron chi connectivity index (χ4n) is 2.75. The summed E-state index contributed by atoms with van der Waals surface area (Å²) in [6.45, 7) is 4.34. The van der Waals surface area contributed by atoms with Crippen LogP contribution in [0.15, 0.2) is 54.6 Å². The molecule has 0 unspecified atom stereocenters. The molecule has 3 rings (SSSR count). The second-order valence-corrected chi connectivity index (χ2v) is 6.93. The minimum absolute atomic E-state index is 0.0257. The highest BCUT2D eigenvalue weighted by atomic mass is 16.6. The molecule has 0 amide bonds. The lowest BCUT2D eigenvalue weighted by Crippen LogP contribution is -2.01. The second-order valence-electron chi connectivity index (χ2n) is 6.93. The van der Waals surface area contributed by atoms with Crippen molar-refractivity contribution >= 4 is 11.4 Å². The van der Waals surface area contributed by atoms with E-state index >= 15 is 0 Å². The van der Waals surface area contributed by atoms with Crippen molar-refractivity contribution < 1.29 is 4.92 Å². The van der Waals surface area contributed by atoms with Crippen LogP contribution >= 0.6 is 0 Å². The van der Waals surface area contributed by atoms with Gasteiger partial charge in [-0.25, -0.2) is 9.97 Å². The maximum absolute atomic E-state index is 11.1. The third-order valence-electron chi connectivity index (χ3n) is 4.28. The average Bonchev–Trinajstić information content (AvgIpc) is 2.67. The van der Waals surface area contributed by atoms with Crippen molar-refractivity contribution in [2.24, 2.45) is 5.92 Å². The van der Waals surface area contributed by atoms with E-state index in [1.54, 1.807) is 12.1 Å². The third kappa shape index (κ3) is 4.67. The molecule has 0 saturated carbocycles. The summed E-state index contributed by atoms with van der Waals surface area (Å²) >= 11 is 0. The Bertz CT molecular complexity index is 953. The van der Waals surface area contributed by atoms with Crippen LogP contribution in [0.3, 0.4) is 0 Å². The van der Waals surface area contributed by atoms with Crippen LogP contribution in [0.4, 0.5) is 11.4 Å². The molecule has 0 spiro atoms. The molecule has 0 fully saturated rings. The molecule has 2 N–H and O–H groups in total. The molecule has 0 radical (unpaired) electrons. The fraction of sp³-hybridized carbons (Fsp3) is 0.238. The molecule has 6 heteroatoms. The Morgan fingerprint density at radius 1 is 1.04 bits per heavy atom. The van der Waals surface area contributed by atoms with E-state index in [1.165, 1.54) is 12.1 Å². The smallest absolute Gasteiger partial charge is 0.270 e. The number of hydrogen-bond acceptors (Lipinski definition) is 5.